The number of furan rings is 1. The summed E-state index contributed by atoms with van der Waals surface area (Å²) in [6, 6.07) is 3.17. The highest BCUT2D eigenvalue weighted by molar-refractivity contribution is 5.91. The van der Waals surface area contributed by atoms with Gasteiger partial charge in [-0.1, -0.05) is 13.3 Å². The molecule has 0 saturated heterocycles. The van der Waals surface area contributed by atoms with E-state index in [0.29, 0.717) is 6.42 Å². The topological polar surface area (TPSA) is 91.6 Å². The molecular weight excluding hydrogens is 248 g/mol. The lowest BCUT2D eigenvalue weighted by Crippen LogP contribution is -2.34. The number of carbonyl (C=O) groups excluding carboxylic acids is 2. The summed E-state index contributed by atoms with van der Waals surface area (Å²) >= 11 is 0. The predicted octanol–water partition coefficient (Wildman–Crippen LogP) is 0.677. The van der Waals surface area contributed by atoms with Crippen LogP contribution >= 0.6 is 0 Å². The maximum atomic E-state index is 11.5. The van der Waals surface area contributed by atoms with Crippen molar-refractivity contribution in [2.24, 2.45) is 0 Å². The number of amides is 2. The van der Waals surface area contributed by atoms with E-state index >= 15 is 0 Å². The van der Waals surface area contributed by atoms with E-state index in [0.717, 1.165) is 6.42 Å². The smallest absolute Gasteiger partial charge is 0.286 e. The van der Waals surface area contributed by atoms with Crippen LogP contribution in [0.1, 0.15) is 36.7 Å². The minimum atomic E-state index is -0.508. The number of hydrogen-bond donors (Lipinski definition) is 3. The minimum absolute atomic E-state index is 0.172. The Morgan fingerprint density at radius 1 is 1.42 bits per heavy atom. The van der Waals surface area contributed by atoms with Gasteiger partial charge in [0.15, 0.2) is 5.76 Å². The van der Waals surface area contributed by atoms with E-state index in [2.05, 4.69) is 10.6 Å². The van der Waals surface area contributed by atoms with E-state index in [4.69, 9.17) is 4.42 Å². The third-order valence-electron chi connectivity index (χ3n) is 2.54. The Bertz CT molecular complexity index is 389. The summed E-state index contributed by atoms with van der Waals surface area (Å²) in [5.41, 5.74) is 0. The number of aliphatic hydroxyl groups excluding tert-OH is 1. The largest absolute Gasteiger partial charge is 0.459 e. The Hall–Kier alpha value is -1.82. The molecule has 1 aromatic rings. The van der Waals surface area contributed by atoms with Crippen LogP contribution in [0.15, 0.2) is 22.8 Å². The number of carbonyl (C=O) groups is 2. The molecular formula is C13H20N2O4. The molecule has 0 aliphatic heterocycles. The van der Waals surface area contributed by atoms with Crippen LogP contribution in [0.3, 0.4) is 0 Å². The van der Waals surface area contributed by atoms with Crippen LogP contribution in [0.25, 0.3) is 0 Å². The van der Waals surface area contributed by atoms with Gasteiger partial charge in [0, 0.05) is 19.5 Å². The van der Waals surface area contributed by atoms with Crippen LogP contribution in [-0.2, 0) is 4.79 Å². The Morgan fingerprint density at radius 3 is 2.84 bits per heavy atom. The Labute approximate surface area is 112 Å². The number of rotatable bonds is 8. The van der Waals surface area contributed by atoms with Crippen LogP contribution in [0.2, 0.25) is 0 Å². The zero-order chi connectivity index (χ0) is 14.1. The van der Waals surface area contributed by atoms with Gasteiger partial charge < -0.3 is 20.2 Å². The first-order valence-electron chi connectivity index (χ1n) is 6.40. The van der Waals surface area contributed by atoms with Gasteiger partial charge in [-0.25, -0.2) is 0 Å². The highest BCUT2D eigenvalue weighted by Crippen LogP contribution is 1.99. The molecule has 0 aromatic carbocycles. The standard InChI is InChI=1S/C13H20N2O4/c1-2-4-10(16)9-15-12(17)6-7-14-13(18)11-5-3-8-19-11/h3,5,8,10,16H,2,4,6-7,9H2,1H3,(H,14,18)(H,15,17). The third-order valence-corrected chi connectivity index (χ3v) is 2.54. The summed E-state index contributed by atoms with van der Waals surface area (Å²) < 4.78 is 4.91. The molecule has 6 heteroatoms. The molecule has 1 unspecified atom stereocenters. The van der Waals surface area contributed by atoms with Crippen molar-refractivity contribution < 1.29 is 19.1 Å². The van der Waals surface area contributed by atoms with E-state index in [-0.39, 0.29) is 37.1 Å². The lowest BCUT2D eigenvalue weighted by Gasteiger charge is -2.10. The number of nitrogens with one attached hydrogen (secondary N) is 2. The number of hydrogen-bond acceptors (Lipinski definition) is 4. The van der Waals surface area contributed by atoms with Crippen molar-refractivity contribution in [1.29, 1.82) is 0 Å². The van der Waals surface area contributed by atoms with Gasteiger partial charge in [0.2, 0.25) is 5.91 Å². The molecule has 3 N–H and O–H groups in total. The highest BCUT2D eigenvalue weighted by atomic mass is 16.3. The Kier molecular flexibility index (Phi) is 6.67. The van der Waals surface area contributed by atoms with Crippen molar-refractivity contribution in [3.05, 3.63) is 24.2 Å². The van der Waals surface area contributed by atoms with Crippen molar-refractivity contribution in [2.45, 2.75) is 32.3 Å². The summed E-state index contributed by atoms with van der Waals surface area (Å²) in [5, 5.41) is 14.6. The molecule has 0 spiro atoms. The fourth-order valence-electron chi connectivity index (χ4n) is 1.54. The summed E-state index contributed by atoms with van der Waals surface area (Å²) in [6.45, 7) is 2.45. The molecule has 0 aliphatic carbocycles. The van der Waals surface area contributed by atoms with E-state index < -0.39 is 6.10 Å². The van der Waals surface area contributed by atoms with Gasteiger partial charge in [0.05, 0.1) is 12.4 Å². The summed E-state index contributed by atoms with van der Waals surface area (Å²) in [4.78, 5) is 22.9. The first-order chi connectivity index (χ1) is 9.13. The normalized spacial score (nSPS) is 11.9. The summed E-state index contributed by atoms with van der Waals surface area (Å²) in [6.07, 6.45) is 2.61. The van der Waals surface area contributed by atoms with Crippen molar-refractivity contribution in [3.63, 3.8) is 0 Å². The second-order valence-electron chi connectivity index (χ2n) is 4.23. The SMILES string of the molecule is CCCC(O)CNC(=O)CCNC(=O)c1ccco1. The zero-order valence-corrected chi connectivity index (χ0v) is 11.0. The molecule has 1 rings (SSSR count). The maximum Gasteiger partial charge on any atom is 0.286 e. The Balaban J connectivity index is 2.12. The zero-order valence-electron chi connectivity index (χ0n) is 11.0. The van der Waals surface area contributed by atoms with Crippen LogP contribution in [-0.4, -0.2) is 36.1 Å². The van der Waals surface area contributed by atoms with Gasteiger partial charge in [-0.3, -0.25) is 9.59 Å². The van der Waals surface area contributed by atoms with Gasteiger partial charge in [-0.15, -0.1) is 0 Å². The molecule has 0 bridgehead atoms. The predicted molar refractivity (Wildman–Crippen MR) is 69.6 cm³/mol. The first kappa shape index (κ1) is 15.2. The Morgan fingerprint density at radius 2 is 2.21 bits per heavy atom. The molecule has 19 heavy (non-hydrogen) atoms. The maximum absolute atomic E-state index is 11.5. The molecule has 1 heterocycles. The minimum Gasteiger partial charge on any atom is -0.459 e. The molecule has 1 aromatic heterocycles. The lowest BCUT2D eigenvalue weighted by atomic mass is 10.2. The van der Waals surface area contributed by atoms with Crippen molar-refractivity contribution in [2.75, 3.05) is 13.1 Å². The van der Waals surface area contributed by atoms with Crippen LogP contribution < -0.4 is 10.6 Å². The molecule has 2 amide bonds. The van der Waals surface area contributed by atoms with E-state index in [9.17, 15) is 14.7 Å². The highest BCUT2D eigenvalue weighted by Gasteiger charge is 2.09. The van der Waals surface area contributed by atoms with Gasteiger partial charge in [0.1, 0.15) is 0 Å². The summed E-state index contributed by atoms with van der Waals surface area (Å²) in [7, 11) is 0. The molecule has 0 fully saturated rings. The monoisotopic (exact) mass is 268 g/mol. The third kappa shape index (κ3) is 6.05. The quantitative estimate of drug-likeness (QED) is 0.646. The summed E-state index contributed by atoms with van der Waals surface area (Å²) in [5.74, 6) is -0.322. The van der Waals surface area contributed by atoms with Crippen molar-refractivity contribution >= 4 is 11.8 Å². The average molecular weight is 268 g/mol. The molecule has 106 valence electrons. The van der Waals surface area contributed by atoms with E-state index in [1.165, 1.54) is 6.26 Å². The lowest BCUT2D eigenvalue weighted by molar-refractivity contribution is -0.121. The van der Waals surface area contributed by atoms with Gasteiger partial charge in [-0.2, -0.15) is 0 Å². The second kappa shape index (κ2) is 8.31. The molecule has 6 nitrogen and oxygen atoms in total. The molecule has 0 saturated carbocycles. The van der Waals surface area contributed by atoms with Crippen LogP contribution in [0.5, 0.6) is 0 Å². The first-order valence-corrected chi connectivity index (χ1v) is 6.40. The van der Waals surface area contributed by atoms with Crippen LogP contribution in [0.4, 0.5) is 0 Å². The van der Waals surface area contributed by atoms with Crippen molar-refractivity contribution in [1.82, 2.24) is 10.6 Å². The van der Waals surface area contributed by atoms with Gasteiger partial charge >= 0.3 is 0 Å². The molecule has 0 aliphatic rings. The second-order valence-corrected chi connectivity index (χ2v) is 4.23. The van der Waals surface area contributed by atoms with Gasteiger partial charge in [0.25, 0.3) is 5.91 Å². The number of aliphatic hydroxyl groups is 1. The van der Waals surface area contributed by atoms with Gasteiger partial charge in [-0.05, 0) is 18.6 Å². The van der Waals surface area contributed by atoms with E-state index in [1.807, 2.05) is 6.92 Å². The fourth-order valence-corrected chi connectivity index (χ4v) is 1.54. The van der Waals surface area contributed by atoms with Crippen molar-refractivity contribution in [3.8, 4) is 0 Å². The van der Waals surface area contributed by atoms with E-state index in [1.54, 1.807) is 12.1 Å². The molecule has 0 radical (unpaired) electrons. The molecule has 1 atom stereocenters. The average Bonchev–Trinajstić information content (AvgIpc) is 2.90. The van der Waals surface area contributed by atoms with Crippen LogP contribution in [0, 0.1) is 0 Å². The fraction of sp³-hybridized carbons (Fsp3) is 0.538.